The van der Waals surface area contributed by atoms with Crippen molar-refractivity contribution >= 4 is 11.0 Å². The molecule has 0 N–H and O–H groups in total. The van der Waals surface area contributed by atoms with E-state index in [0.717, 1.165) is 40.6 Å². The van der Waals surface area contributed by atoms with Gasteiger partial charge in [0.2, 0.25) is 0 Å². The zero-order chi connectivity index (χ0) is 16.8. The van der Waals surface area contributed by atoms with E-state index in [1.165, 1.54) is 12.1 Å². The lowest BCUT2D eigenvalue weighted by molar-refractivity contribution is 0.460. The number of rotatable bonds is 3. The highest BCUT2D eigenvalue weighted by Crippen LogP contribution is 2.44. The van der Waals surface area contributed by atoms with Gasteiger partial charge >= 0.3 is 0 Å². The third kappa shape index (κ3) is 2.39. The van der Waals surface area contributed by atoms with Gasteiger partial charge in [-0.05, 0) is 43.2 Å². The smallest absolute Gasteiger partial charge is 0.175 e. The van der Waals surface area contributed by atoms with Gasteiger partial charge in [0.25, 0.3) is 0 Å². The quantitative estimate of drug-likeness (QED) is 0.532. The molecule has 0 amide bonds. The van der Waals surface area contributed by atoms with Crippen molar-refractivity contribution in [2.75, 3.05) is 0 Å². The second-order valence-corrected chi connectivity index (χ2v) is 6.32. The highest BCUT2D eigenvalue weighted by atomic mass is 19.1. The van der Waals surface area contributed by atoms with Gasteiger partial charge in [0.1, 0.15) is 17.8 Å². The van der Waals surface area contributed by atoms with E-state index < -0.39 is 0 Å². The van der Waals surface area contributed by atoms with Crippen LogP contribution in [0.2, 0.25) is 0 Å². The lowest BCUT2D eigenvalue weighted by Gasteiger charge is -2.07. The van der Waals surface area contributed by atoms with E-state index >= 15 is 0 Å². The van der Waals surface area contributed by atoms with Gasteiger partial charge in [0.05, 0.1) is 11.1 Å². The number of hydrogen-bond acceptors (Lipinski definition) is 4. The second kappa shape index (κ2) is 5.48. The van der Waals surface area contributed by atoms with Crippen molar-refractivity contribution in [1.82, 2.24) is 15.1 Å². The predicted molar refractivity (Wildman–Crippen MR) is 92.4 cm³/mol. The van der Waals surface area contributed by atoms with Crippen LogP contribution in [0.25, 0.3) is 33.4 Å². The Morgan fingerprint density at radius 2 is 1.84 bits per heavy atom. The summed E-state index contributed by atoms with van der Waals surface area (Å²) in [6.45, 7) is 0. The fourth-order valence-corrected chi connectivity index (χ4v) is 3.22. The van der Waals surface area contributed by atoms with E-state index in [1.54, 1.807) is 18.5 Å². The van der Waals surface area contributed by atoms with Crippen molar-refractivity contribution in [3.63, 3.8) is 0 Å². The number of para-hydroxylation sites is 1. The maximum absolute atomic E-state index is 13.2. The van der Waals surface area contributed by atoms with Crippen molar-refractivity contribution in [3.05, 3.63) is 66.5 Å². The molecule has 2 heterocycles. The standard InChI is InChI=1S/C20H14FN3O/c21-14-8-6-13(7-9-14)19-16-3-1-2-15(20(16)25-24-19)17-10-22-11-23-18(17)12-4-5-12/h1-3,6-12H,4-5H2. The number of aromatic nitrogens is 3. The van der Waals surface area contributed by atoms with Gasteiger partial charge in [-0.3, -0.25) is 0 Å². The number of benzene rings is 2. The first kappa shape index (κ1) is 14.3. The van der Waals surface area contributed by atoms with Crippen LogP contribution < -0.4 is 0 Å². The number of fused-ring (bicyclic) bond motifs is 1. The Kier molecular flexibility index (Phi) is 3.13. The predicted octanol–water partition coefficient (Wildman–Crippen LogP) is 4.97. The summed E-state index contributed by atoms with van der Waals surface area (Å²) in [6.07, 6.45) is 5.77. The van der Waals surface area contributed by atoms with Crippen LogP contribution in [0.3, 0.4) is 0 Å². The third-order valence-electron chi connectivity index (χ3n) is 4.61. The molecule has 1 aliphatic carbocycles. The molecule has 0 spiro atoms. The summed E-state index contributed by atoms with van der Waals surface area (Å²) in [5, 5.41) is 5.13. The van der Waals surface area contributed by atoms with Crippen LogP contribution in [-0.4, -0.2) is 15.1 Å². The molecule has 1 saturated carbocycles. The van der Waals surface area contributed by atoms with Crippen molar-refractivity contribution in [2.24, 2.45) is 0 Å². The van der Waals surface area contributed by atoms with Crippen molar-refractivity contribution in [1.29, 1.82) is 0 Å². The van der Waals surface area contributed by atoms with E-state index in [-0.39, 0.29) is 5.82 Å². The van der Waals surface area contributed by atoms with Crippen molar-refractivity contribution in [2.45, 2.75) is 18.8 Å². The summed E-state index contributed by atoms with van der Waals surface area (Å²) in [4.78, 5) is 8.68. The monoisotopic (exact) mass is 331 g/mol. The Labute approximate surface area is 143 Å². The first-order valence-corrected chi connectivity index (χ1v) is 8.26. The van der Waals surface area contributed by atoms with Crippen LogP contribution in [0.1, 0.15) is 24.5 Å². The number of halogens is 1. The zero-order valence-electron chi connectivity index (χ0n) is 13.3. The molecular weight excluding hydrogens is 317 g/mol. The SMILES string of the molecule is Fc1ccc(-c2noc3c(-c4cncnc4C4CC4)cccc23)cc1. The summed E-state index contributed by atoms with van der Waals surface area (Å²) in [7, 11) is 0. The average Bonchev–Trinajstić information content (AvgIpc) is 3.41. The first-order valence-electron chi connectivity index (χ1n) is 8.26. The van der Waals surface area contributed by atoms with Crippen LogP contribution in [0, 0.1) is 5.82 Å². The molecule has 0 radical (unpaired) electrons. The third-order valence-corrected chi connectivity index (χ3v) is 4.61. The largest absolute Gasteiger partial charge is 0.355 e. The number of hydrogen-bond donors (Lipinski definition) is 0. The molecule has 25 heavy (non-hydrogen) atoms. The average molecular weight is 331 g/mol. The molecule has 4 aromatic rings. The molecule has 0 atom stereocenters. The Bertz CT molecular complexity index is 1070. The van der Waals surface area contributed by atoms with E-state index in [4.69, 9.17) is 4.52 Å². The van der Waals surface area contributed by atoms with Crippen LogP contribution >= 0.6 is 0 Å². The van der Waals surface area contributed by atoms with E-state index in [2.05, 4.69) is 15.1 Å². The fraction of sp³-hybridized carbons (Fsp3) is 0.150. The molecule has 0 unspecified atom stereocenters. The van der Waals surface area contributed by atoms with Crippen LogP contribution in [0.15, 0.2) is 59.5 Å². The van der Waals surface area contributed by atoms with Gasteiger partial charge in [0, 0.05) is 28.8 Å². The molecular formula is C20H14FN3O. The molecule has 1 aliphatic rings. The molecule has 0 bridgehead atoms. The van der Waals surface area contributed by atoms with Crippen LogP contribution in [0.5, 0.6) is 0 Å². The van der Waals surface area contributed by atoms with Crippen LogP contribution in [0.4, 0.5) is 4.39 Å². The minimum atomic E-state index is -0.271. The molecule has 0 saturated heterocycles. The van der Waals surface area contributed by atoms with Crippen molar-refractivity contribution in [3.8, 4) is 22.4 Å². The van der Waals surface area contributed by atoms with Gasteiger partial charge in [-0.15, -0.1) is 0 Å². The van der Waals surface area contributed by atoms with Gasteiger partial charge < -0.3 is 4.52 Å². The Morgan fingerprint density at radius 1 is 1.00 bits per heavy atom. The summed E-state index contributed by atoms with van der Waals surface area (Å²) in [6, 6.07) is 12.2. The minimum Gasteiger partial charge on any atom is -0.355 e. The lowest BCUT2D eigenvalue weighted by Crippen LogP contribution is -1.93. The van der Waals surface area contributed by atoms with Gasteiger partial charge in [-0.2, -0.15) is 0 Å². The molecule has 5 heteroatoms. The first-order chi connectivity index (χ1) is 12.3. The summed E-state index contributed by atoms with van der Waals surface area (Å²) >= 11 is 0. The van der Waals surface area contributed by atoms with E-state index in [9.17, 15) is 4.39 Å². The zero-order valence-corrected chi connectivity index (χ0v) is 13.3. The van der Waals surface area contributed by atoms with E-state index in [1.807, 2.05) is 24.4 Å². The van der Waals surface area contributed by atoms with Gasteiger partial charge in [-0.25, -0.2) is 14.4 Å². The summed E-state index contributed by atoms with van der Waals surface area (Å²) in [5.41, 5.74) is 5.25. The normalized spacial score (nSPS) is 14.1. The molecule has 4 nitrogen and oxygen atoms in total. The fourth-order valence-electron chi connectivity index (χ4n) is 3.22. The maximum Gasteiger partial charge on any atom is 0.175 e. The van der Waals surface area contributed by atoms with Gasteiger partial charge in [-0.1, -0.05) is 17.3 Å². The highest BCUT2D eigenvalue weighted by Gasteiger charge is 2.29. The number of nitrogens with zero attached hydrogens (tertiary/aromatic N) is 3. The second-order valence-electron chi connectivity index (χ2n) is 6.32. The summed E-state index contributed by atoms with van der Waals surface area (Å²) < 4.78 is 18.9. The molecule has 5 rings (SSSR count). The van der Waals surface area contributed by atoms with E-state index in [0.29, 0.717) is 17.2 Å². The Balaban J connectivity index is 1.70. The van der Waals surface area contributed by atoms with Gasteiger partial charge in [0.15, 0.2) is 5.58 Å². The molecule has 0 aliphatic heterocycles. The molecule has 2 aromatic carbocycles. The summed E-state index contributed by atoms with van der Waals surface area (Å²) in [5.74, 6) is 0.237. The Hall–Kier alpha value is -3.08. The molecule has 1 fully saturated rings. The Morgan fingerprint density at radius 3 is 2.64 bits per heavy atom. The molecule has 2 aromatic heterocycles. The lowest BCUT2D eigenvalue weighted by atomic mass is 9.99. The maximum atomic E-state index is 13.2. The van der Waals surface area contributed by atoms with Crippen molar-refractivity contribution < 1.29 is 8.91 Å². The highest BCUT2D eigenvalue weighted by molar-refractivity contribution is 6.00. The molecule has 122 valence electrons. The van der Waals surface area contributed by atoms with Crippen LogP contribution in [-0.2, 0) is 0 Å². The topological polar surface area (TPSA) is 51.8 Å². The minimum absolute atomic E-state index is 0.271.